The summed E-state index contributed by atoms with van der Waals surface area (Å²) in [6.07, 6.45) is 1.83. The first-order valence-electron chi connectivity index (χ1n) is 6.76. The molecule has 6 heteroatoms. The van der Waals surface area contributed by atoms with Crippen LogP contribution in [-0.4, -0.2) is 29.8 Å². The second-order valence-corrected chi connectivity index (χ2v) is 5.21. The lowest BCUT2D eigenvalue weighted by atomic mass is 10.2. The van der Waals surface area contributed by atoms with Crippen molar-refractivity contribution in [3.05, 3.63) is 52.3 Å². The molecule has 2 rings (SSSR count). The molecule has 0 unspecified atom stereocenters. The maximum atomic E-state index is 13.5. The van der Waals surface area contributed by atoms with Gasteiger partial charge < -0.3 is 14.6 Å². The highest BCUT2D eigenvalue weighted by Crippen LogP contribution is 2.17. The zero-order valence-corrected chi connectivity index (χ0v) is 13.0. The van der Waals surface area contributed by atoms with Crippen molar-refractivity contribution in [2.24, 2.45) is 0 Å². The summed E-state index contributed by atoms with van der Waals surface area (Å²) < 4.78 is 20.6. The second kappa shape index (κ2) is 7.54. The van der Waals surface area contributed by atoms with E-state index in [1.807, 2.05) is 19.2 Å². The number of hydrogen-bond donors (Lipinski definition) is 1. The molecule has 0 saturated carbocycles. The van der Waals surface area contributed by atoms with Crippen LogP contribution in [0.5, 0.6) is 0 Å². The molecule has 0 aliphatic rings. The van der Waals surface area contributed by atoms with Gasteiger partial charge in [0, 0.05) is 32.9 Å². The Labute approximate surface area is 128 Å². The number of aromatic nitrogens is 2. The smallest absolute Gasteiger partial charge is 0.142 e. The zero-order valence-electron chi connectivity index (χ0n) is 12.2. The molecule has 0 bridgehead atoms. The number of imidazole rings is 1. The Bertz CT molecular complexity index is 601. The molecule has 0 spiro atoms. The standard InChI is InChI=1S/C15H19ClFN3O/c1-11-19-9-13(8-18-5-6-21-2)20(11)10-12-3-4-14(16)15(17)7-12/h3-4,7,9,18H,5-6,8,10H2,1-2H3. The molecule has 114 valence electrons. The van der Waals surface area contributed by atoms with Crippen LogP contribution in [0.15, 0.2) is 24.4 Å². The number of benzene rings is 1. The molecule has 0 radical (unpaired) electrons. The van der Waals surface area contributed by atoms with Crippen LogP contribution in [0.4, 0.5) is 4.39 Å². The first-order valence-corrected chi connectivity index (χ1v) is 7.14. The SMILES string of the molecule is COCCNCc1cnc(C)n1Cc1ccc(Cl)c(F)c1. The molecule has 1 aromatic carbocycles. The van der Waals surface area contributed by atoms with Gasteiger partial charge >= 0.3 is 0 Å². The summed E-state index contributed by atoms with van der Waals surface area (Å²) in [5, 5.41) is 3.42. The van der Waals surface area contributed by atoms with E-state index in [2.05, 4.69) is 14.9 Å². The third kappa shape index (κ3) is 4.27. The summed E-state index contributed by atoms with van der Waals surface area (Å²) >= 11 is 5.71. The van der Waals surface area contributed by atoms with Crippen LogP contribution in [0.25, 0.3) is 0 Å². The normalized spacial score (nSPS) is 11.0. The summed E-state index contributed by atoms with van der Waals surface area (Å²) in [4.78, 5) is 4.32. The highest BCUT2D eigenvalue weighted by atomic mass is 35.5. The third-order valence-corrected chi connectivity index (χ3v) is 3.56. The Hall–Kier alpha value is -1.43. The van der Waals surface area contributed by atoms with Gasteiger partial charge in [-0.05, 0) is 24.6 Å². The van der Waals surface area contributed by atoms with Gasteiger partial charge in [-0.3, -0.25) is 0 Å². The fourth-order valence-electron chi connectivity index (χ4n) is 2.08. The van der Waals surface area contributed by atoms with E-state index in [-0.39, 0.29) is 5.02 Å². The fraction of sp³-hybridized carbons (Fsp3) is 0.400. The fourth-order valence-corrected chi connectivity index (χ4v) is 2.20. The van der Waals surface area contributed by atoms with Gasteiger partial charge in [0.15, 0.2) is 0 Å². The van der Waals surface area contributed by atoms with Gasteiger partial charge in [0.25, 0.3) is 0 Å². The Balaban J connectivity index is 2.08. The molecular formula is C15H19ClFN3O. The molecular weight excluding hydrogens is 293 g/mol. The van der Waals surface area contributed by atoms with E-state index in [0.29, 0.717) is 19.7 Å². The van der Waals surface area contributed by atoms with Crippen molar-refractivity contribution < 1.29 is 9.13 Å². The van der Waals surface area contributed by atoms with Gasteiger partial charge in [0.1, 0.15) is 11.6 Å². The molecule has 4 nitrogen and oxygen atoms in total. The van der Waals surface area contributed by atoms with Crippen LogP contribution in [0, 0.1) is 12.7 Å². The van der Waals surface area contributed by atoms with Crippen LogP contribution in [0.2, 0.25) is 5.02 Å². The molecule has 0 saturated heterocycles. The molecule has 1 N–H and O–H groups in total. The highest BCUT2D eigenvalue weighted by Gasteiger charge is 2.08. The molecule has 1 heterocycles. The monoisotopic (exact) mass is 311 g/mol. The summed E-state index contributed by atoms with van der Waals surface area (Å²) in [6, 6.07) is 4.87. The van der Waals surface area contributed by atoms with E-state index in [4.69, 9.17) is 16.3 Å². The first-order chi connectivity index (χ1) is 10.1. The van der Waals surface area contributed by atoms with Crippen molar-refractivity contribution >= 4 is 11.6 Å². The number of ether oxygens (including phenoxy) is 1. The van der Waals surface area contributed by atoms with Crippen LogP contribution < -0.4 is 5.32 Å². The van der Waals surface area contributed by atoms with Gasteiger partial charge in [-0.2, -0.15) is 0 Å². The molecule has 21 heavy (non-hydrogen) atoms. The predicted molar refractivity (Wildman–Crippen MR) is 81.1 cm³/mol. The van der Waals surface area contributed by atoms with Gasteiger partial charge in [0.2, 0.25) is 0 Å². The minimum atomic E-state index is -0.397. The van der Waals surface area contributed by atoms with Gasteiger partial charge in [-0.1, -0.05) is 17.7 Å². The summed E-state index contributed by atoms with van der Waals surface area (Å²) in [6.45, 7) is 4.64. The van der Waals surface area contributed by atoms with E-state index >= 15 is 0 Å². The first kappa shape index (κ1) is 15.9. The number of nitrogens with zero attached hydrogens (tertiary/aromatic N) is 2. The maximum absolute atomic E-state index is 13.5. The van der Waals surface area contributed by atoms with Crippen LogP contribution in [-0.2, 0) is 17.8 Å². The van der Waals surface area contributed by atoms with E-state index in [1.54, 1.807) is 13.2 Å². The minimum absolute atomic E-state index is 0.141. The summed E-state index contributed by atoms with van der Waals surface area (Å²) in [7, 11) is 1.67. The lowest BCUT2D eigenvalue weighted by Gasteiger charge is -2.11. The van der Waals surface area contributed by atoms with Crippen LogP contribution in [0.1, 0.15) is 17.1 Å². The predicted octanol–water partition coefficient (Wildman–Crippen LogP) is 2.77. The maximum Gasteiger partial charge on any atom is 0.142 e. The van der Waals surface area contributed by atoms with Crippen molar-refractivity contribution in [3.63, 3.8) is 0 Å². The van der Waals surface area contributed by atoms with E-state index in [9.17, 15) is 4.39 Å². The van der Waals surface area contributed by atoms with Crippen molar-refractivity contribution in [2.75, 3.05) is 20.3 Å². The van der Waals surface area contributed by atoms with Crippen LogP contribution in [0.3, 0.4) is 0 Å². The highest BCUT2D eigenvalue weighted by molar-refractivity contribution is 6.30. The lowest BCUT2D eigenvalue weighted by Crippen LogP contribution is -2.21. The van der Waals surface area contributed by atoms with Gasteiger partial charge in [-0.25, -0.2) is 9.37 Å². The number of methoxy groups -OCH3 is 1. The van der Waals surface area contributed by atoms with Crippen molar-refractivity contribution in [2.45, 2.75) is 20.0 Å². The largest absolute Gasteiger partial charge is 0.383 e. The van der Waals surface area contributed by atoms with Crippen molar-refractivity contribution in [3.8, 4) is 0 Å². The number of aryl methyl sites for hydroxylation is 1. The zero-order chi connectivity index (χ0) is 15.2. The quantitative estimate of drug-likeness (QED) is 0.799. The van der Waals surface area contributed by atoms with Gasteiger partial charge in [-0.15, -0.1) is 0 Å². The Kier molecular flexibility index (Phi) is 5.73. The van der Waals surface area contributed by atoms with E-state index in [0.717, 1.165) is 23.6 Å². The molecule has 0 fully saturated rings. The van der Waals surface area contributed by atoms with E-state index in [1.165, 1.54) is 6.07 Å². The van der Waals surface area contributed by atoms with E-state index < -0.39 is 5.82 Å². The Morgan fingerprint density at radius 2 is 2.24 bits per heavy atom. The molecule has 1 aromatic heterocycles. The van der Waals surface area contributed by atoms with Crippen LogP contribution >= 0.6 is 11.6 Å². The molecule has 0 atom stereocenters. The van der Waals surface area contributed by atoms with Crippen molar-refractivity contribution in [1.29, 1.82) is 0 Å². The topological polar surface area (TPSA) is 39.1 Å². The molecule has 0 aliphatic heterocycles. The number of nitrogens with one attached hydrogen (secondary N) is 1. The number of rotatable bonds is 7. The third-order valence-electron chi connectivity index (χ3n) is 3.25. The average molecular weight is 312 g/mol. The second-order valence-electron chi connectivity index (χ2n) is 4.80. The minimum Gasteiger partial charge on any atom is -0.383 e. The van der Waals surface area contributed by atoms with Crippen molar-refractivity contribution in [1.82, 2.24) is 14.9 Å². The Morgan fingerprint density at radius 1 is 1.43 bits per heavy atom. The Morgan fingerprint density at radius 3 is 2.95 bits per heavy atom. The van der Waals surface area contributed by atoms with Gasteiger partial charge in [0.05, 0.1) is 17.3 Å². The number of halogens is 2. The lowest BCUT2D eigenvalue weighted by molar-refractivity contribution is 0.199. The summed E-state index contributed by atoms with van der Waals surface area (Å²) in [5.74, 6) is 0.501. The number of hydrogen-bond acceptors (Lipinski definition) is 3. The molecule has 0 aliphatic carbocycles. The molecule has 0 amide bonds. The molecule has 2 aromatic rings. The average Bonchev–Trinajstić information content (AvgIpc) is 2.80. The summed E-state index contributed by atoms with van der Waals surface area (Å²) in [5.41, 5.74) is 1.91.